The highest BCUT2D eigenvalue weighted by molar-refractivity contribution is 5.45. The predicted molar refractivity (Wildman–Crippen MR) is 76.8 cm³/mol. The number of benzene rings is 1. The summed E-state index contributed by atoms with van der Waals surface area (Å²) < 4.78 is 0. The third-order valence-corrected chi connectivity index (χ3v) is 2.93. The van der Waals surface area contributed by atoms with Crippen molar-refractivity contribution in [1.29, 1.82) is 0 Å². The minimum atomic E-state index is 0.241. The van der Waals surface area contributed by atoms with Gasteiger partial charge in [-0.1, -0.05) is 32.9 Å². The normalized spacial score (nSPS) is 11.5. The average Bonchev–Trinajstić information content (AvgIpc) is 2.28. The molecule has 0 heterocycles. The van der Waals surface area contributed by atoms with Crippen LogP contribution in [-0.2, 0) is 5.41 Å². The summed E-state index contributed by atoms with van der Waals surface area (Å²) in [7, 11) is 2.00. The molecular weight excluding hydrogens is 208 g/mol. The number of unbranched alkanes of at least 4 members (excludes halogenated alkanes) is 1. The molecule has 96 valence electrons. The van der Waals surface area contributed by atoms with Gasteiger partial charge < -0.3 is 10.6 Å². The van der Waals surface area contributed by atoms with Crippen LogP contribution in [0.1, 0.15) is 39.2 Å². The molecule has 0 fully saturated rings. The molecule has 2 heteroatoms. The van der Waals surface area contributed by atoms with Crippen molar-refractivity contribution in [3.8, 4) is 0 Å². The summed E-state index contributed by atoms with van der Waals surface area (Å²) in [6.45, 7) is 8.88. The Hall–Kier alpha value is -1.02. The molecule has 2 nitrogen and oxygen atoms in total. The minimum Gasteiger partial charge on any atom is -0.385 e. The van der Waals surface area contributed by atoms with Gasteiger partial charge in [-0.15, -0.1) is 0 Å². The SMILES string of the molecule is CNCCCCNc1ccc(C(C)(C)C)cc1. The highest BCUT2D eigenvalue weighted by Gasteiger charge is 2.12. The third kappa shape index (κ3) is 5.22. The molecule has 0 saturated carbocycles. The van der Waals surface area contributed by atoms with Crippen LogP contribution >= 0.6 is 0 Å². The highest BCUT2D eigenvalue weighted by Crippen LogP contribution is 2.23. The molecule has 0 unspecified atom stereocenters. The van der Waals surface area contributed by atoms with E-state index in [0.717, 1.165) is 13.1 Å². The van der Waals surface area contributed by atoms with E-state index in [4.69, 9.17) is 0 Å². The molecule has 0 aliphatic heterocycles. The van der Waals surface area contributed by atoms with Crippen LogP contribution < -0.4 is 10.6 Å². The maximum Gasteiger partial charge on any atom is 0.0340 e. The molecule has 0 bridgehead atoms. The van der Waals surface area contributed by atoms with Crippen LogP contribution in [0, 0.1) is 0 Å². The molecule has 1 aromatic carbocycles. The smallest absolute Gasteiger partial charge is 0.0340 e. The molecule has 0 amide bonds. The molecule has 1 rings (SSSR count). The quantitative estimate of drug-likeness (QED) is 0.737. The van der Waals surface area contributed by atoms with Gasteiger partial charge in [0.25, 0.3) is 0 Å². The van der Waals surface area contributed by atoms with Crippen LogP contribution in [0.4, 0.5) is 5.69 Å². The van der Waals surface area contributed by atoms with Crippen LogP contribution in [0.2, 0.25) is 0 Å². The second kappa shape index (κ2) is 6.65. The molecular formula is C15H26N2. The number of anilines is 1. The van der Waals surface area contributed by atoms with E-state index in [1.54, 1.807) is 0 Å². The van der Waals surface area contributed by atoms with E-state index in [1.165, 1.54) is 24.1 Å². The van der Waals surface area contributed by atoms with E-state index in [2.05, 4.69) is 55.7 Å². The Morgan fingerprint density at radius 2 is 1.53 bits per heavy atom. The van der Waals surface area contributed by atoms with Gasteiger partial charge in [-0.3, -0.25) is 0 Å². The standard InChI is InChI=1S/C15H26N2/c1-15(2,3)13-7-9-14(10-8-13)17-12-6-5-11-16-4/h7-10,16-17H,5-6,11-12H2,1-4H3. The predicted octanol–water partition coefficient (Wildman–Crippen LogP) is 3.40. The molecule has 0 aliphatic rings. The second-order valence-electron chi connectivity index (χ2n) is 5.56. The summed E-state index contributed by atoms with van der Waals surface area (Å²) in [5.74, 6) is 0. The highest BCUT2D eigenvalue weighted by atomic mass is 14.9. The molecule has 1 aromatic rings. The Morgan fingerprint density at radius 1 is 0.941 bits per heavy atom. The average molecular weight is 234 g/mol. The van der Waals surface area contributed by atoms with Gasteiger partial charge in [0.2, 0.25) is 0 Å². The molecule has 0 saturated heterocycles. The lowest BCUT2D eigenvalue weighted by atomic mass is 9.87. The van der Waals surface area contributed by atoms with Gasteiger partial charge >= 0.3 is 0 Å². The Labute approximate surface area is 106 Å². The maximum absolute atomic E-state index is 3.45. The van der Waals surface area contributed by atoms with Gasteiger partial charge in [-0.05, 0) is 49.5 Å². The first-order valence-electron chi connectivity index (χ1n) is 6.53. The van der Waals surface area contributed by atoms with Gasteiger partial charge in [-0.25, -0.2) is 0 Å². The van der Waals surface area contributed by atoms with Gasteiger partial charge in [0.05, 0.1) is 0 Å². The van der Waals surface area contributed by atoms with Crippen LogP contribution in [0.15, 0.2) is 24.3 Å². The van der Waals surface area contributed by atoms with Crippen molar-refractivity contribution in [2.75, 3.05) is 25.5 Å². The monoisotopic (exact) mass is 234 g/mol. The third-order valence-electron chi connectivity index (χ3n) is 2.93. The van der Waals surface area contributed by atoms with Gasteiger partial charge in [0, 0.05) is 12.2 Å². The fourth-order valence-electron chi connectivity index (χ4n) is 1.75. The minimum absolute atomic E-state index is 0.241. The molecule has 0 radical (unpaired) electrons. The Balaban J connectivity index is 2.36. The molecule has 0 aliphatic carbocycles. The Kier molecular flexibility index (Phi) is 5.49. The van der Waals surface area contributed by atoms with E-state index in [1.807, 2.05) is 7.05 Å². The fraction of sp³-hybridized carbons (Fsp3) is 0.600. The lowest BCUT2D eigenvalue weighted by Gasteiger charge is -2.19. The van der Waals surface area contributed by atoms with Crippen molar-refractivity contribution < 1.29 is 0 Å². The number of hydrogen-bond acceptors (Lipinski definition) is 2. The lowest BCUT2D eigenvalue weighted by molar-refractivity contribution is 0.590. The summed E-state index contributed by atoms with van der Waals surface area (Å²) in [6.07, 6.45) is 2.44. The zero-order valence-corrected chi connectivity index (χ0v) is 11.6. The number of hydrogen-bond donors (Lipinski definition) is 2. The van der Waals surface area contributed by atoms with Crippen molar-refractivity contribution in [3.05, 3.63) is 29.8 Å². The summed E-state index contributed by atoms with van der Waals surface area (Å²) in [6, 6.07) is 8.79. The van der Waals surface area contributed by atoms with Crippen LogP contribution in [-0.4, -0.2) is 20.1 Å². The number of rotatable bonds is 6. The zero-order valence-electron chi connectivity index (χ0n) is 11.6. The topological polar surface area (TPSA) is 24.1 Å². The molecule has 17 heavy (non-hydrogen) atoms. The van der Waals surface area contributed by atoms with E-state index in [0.29, 0.717) is 0 Å². The Bertz CT molecular complexity index is 309. The van der Waals surface area contributed by atoms with E-state index >= 15 is 0 Å². The van der Waals surface area contributed by atoms with Crippen LogP contribution in [0.25, 0.3) is 0 Å². The van der Waals surface area contributed by atoms with Gasteiger partial charge in [-0.2, -0.15) is 0 Å². The summed E-state index contributed by atoms with van der Waals surface area (Å²) in [5, 5.41) is 6.62. The van der Waals surface area contributed by atoms with Crippen molar-refractivity contribution in [1.82, 2.24) is 5.32 Å². The number of nitrogens with one attached hydrogen (secondary N) is 2. The summed E-state index contributed by atoms with van der Waals surface area (Å²) in [4.78, 5) is 0. The lowest BCUT2D eigenvalue weighted by Crippen LogP contribution is -2.11. The second-order valence-corrected chi connectivity index (χ2v) is 5.56. The fourth-order valence-corrected chi connectivity index (χ4v) is 1.75. The molecule has 2 N–H and O–H groups in total. The van der Waals surface area contributed by atoms with Crippen LogP contribution in [0.3, 0.4) is 0 Å². The maximum atomic E-state index is 3.45. The van der Waals surface area contributed by atoms with Gasteiger partial charge in [0.15, 0.2) is 0 Å². The Morgan fingerprint density at radius 3 is 2.06 bits per heavy atom. The van der Waals surface area contributed by atoms with Crippen molar-refractivity contribution in [2.24, 2.45) is 0 Å². The van der Waals surface area contributed by atoms with Crippen molar-refractivity contribution in [3.63, 3.8) is 0 Å². The van der Waals surface area contributed by atoms with E-state index < -0.39 is 0 Å². The van der Waals surface area contributed by atoms with Crippen LogP contribution in [0.5, 0.6) is 0 Å². The first kappa shape index (κ1) is 14.0. The summed E-state index contributed by atoms with van der Waals surface area (Å²) in [5.41, 5.74) is 2.85. The van der Waals surface area contributed by atoms with Crippen molar-refractivity contribution in [2.45, 2.75) is 39.0 Å². The largest absolute Gasteiger partial charge is 0.385 e. The zero-order chi connectivity index (χ0) is 12.7. The van der Waals surface area contributed by atoms with E-state index in [-0.39, 0.29) is 5.41 Å². The van der Waals surface area contributed by atoms with E-state index in [9.17, 15) is 0 Å². The first-order valence-corrected chi connectivity index (χ1v) is 6.53. The first-order chi connectivity index (χ1) is 8.04. The molecule has 0 atom stereocenters. The molecule has 0 spiro atoms. The summed E-state index contributed by atoms with van der Waals surface area (Å²) >= 11 is 0. The van der Waals surface area contributed by atoms with Crippen molar-refractivity contribution >= 4 is 5.69 Å². The molecule has 0 aromatic heterocycles. The van der Waals surface area contributed by atoms with Gasteiger partial charge in [0.1, 0.15) is 0 Å².